The molecule has 0 amide bonds. The van der Waals surface area contributed by atoms with Crippen LogP contribution in [0, 0.1) is 23.7 Å². The summed E-state index contributed by atoms with van der Waals surface area (Å²) in [5.41, 5.74) is 0.688. The molecule has 4 atom stereocenters. The molecule has 3 fully saturated rings. The van der Waals surface area contributed by atoms with E-state index in [0.29, 0.717) is 23.2 Å². The topological polar surface area (TPSA) is 29.1 Å². The molecule has 1 aliphatic heterocycles. The van der Waals surface area contributed by atoms with Crippen LogP contribution in [0.2, 0.25) is 0 Å². The van der Waals surface area contributed by atoms with Crippen LogP contribution in [-0.2, 0) is 4.79 Å². The van der Waals surface area contributed by atoms with Crippen LogP contribution in [0.3, 0.4) is 0 Å². The van der Waals surface area contributed by atoms with Crippen molar-refractivity contribution in [2.75, 3.05) is 13.1 Å². The first-order valence-electron chi connectivity index (χ1n) is 5.66. The Morgan fingerprint density at radius 1 is 1.21 bits per heavy atom. The van der Waals surface area contributed by atoms with Gasteiger partial charge in [-0.05, 0) is 0 Å². The van der Waals surface area contributed by atoms with E-state index in [9.17, 15) is 4.79 Å². The molecule has 3 rings (SSSR count). The zero-order chi connectivity index (χ0) is 9.71. The van der Waals surface area contributed by atoms with Crippen molar-refractivity contribution in [1.82, 2.24) is 5.32 Å². The van der Waals surface area contributed by atoms with Gasteiger partial charge < -0.3 is 0 Å². The monoisotopic (exact) mass is 188 g/mol. The number of piperidine rings is 1. The normalized spacial score (nSPS) is 46.5. The molecule has 2 nitrogen and oxygen atoms in total. The molecule has 0 bridgehead atoms. The molecule has 0 aromatic carbocycles. The summed E-state index contributed by atoms with van der Waals surface area (Å²) in [7, 11) is 5.93. The Balaban J connectivity index is 1.98. The second kappa shape index (κ2) is 3.03. The van der Waals surface area contributed by atoms with Crippen molar-refractivity contribution in [3.8, 4) is 0 Å². The first kappa shape index (κ1) is 8.84. The summed E-state index contributed by atoms with van der Waals surface area (Å²) in [6.07, 6.45) is 3.68. The first-order chi connectivity index (χ1) is 6.79. The van der Waals surface area contributed by atoms with Crippen molar-refractivity contribution in [3.05, 3.63) is 0 Å². The fourth-order valence-corrected chi connectivity index (χ4v) is 3.75. The number of nitrogens with one attached hydrogen (secondary N) is 1. The zero-order valence-electron chi connectivity index (χ0n) is 8.33. The summed E-state index contributed by atoms with van der Waals surface area (Å²) in [6, 6.07) is 0. The van der Waals surface area contributed by atoms with Gasteiger partial charge in [0.05, 0.1) is 0 Å². The maximum absolute atomic E-state index is 11.9. The fraction of sp³-hybridized carbons (Fsp3) is 0.818. The molecule has 4 unspecified atom stereocenters. The zero-order valence-corrected chi connectivity index (χ0v) is 8.33. The minimum absolute atomic E-state index is 0.207. The van der Waals surface area contributed by atoms with Gasteiger partial charge in [-0.3, -0.25) is 0 Å². The van der Waals surface area contributed by atoms with Crippen LogP contribution in [0.4, 0.5) is 0 Å². The second-order valence-electron chi connectivity index (χ2n) is 4.96. The molecule has 73 valence electrons. The summed E-state index contributed by atoms with van der Waals surface area (Å²) in [4.78, 5) is 11.9. The summed E-state index contributed by atoms with van der Waals surface area (Å²) in [5.74, 6) is 2.17. The van der Waals surface area contributed by atoms with Crippen molar-refractivity contribution < 1.29 is 4.79 Å². The number of hydrogen-bond acceptors (Lipinski definition) is 2. The van der Waals surface area contributed by atoms with E-state index in [1.165, 1.54) is 12.8 Å². The number of carbonyl (C=O) groups is 1. The molecule has 1 heterocycles. The molecular weight excluding hydrogens is 173 g/mol. The van der Waals surface area contributed by atoms with Gasteiger partial charge in [0, 0.05) is 0 Å². The molecule has 1 saturated heterocycles. The summed E-state index contributed by atoms with van der Waals surface area (Å²) >= 11 is 0. The van der Waals surface area contributed by atoms with E-state index < -0.39 is 0 Å². The van der Waals surface area contributed by atoms with Gasteiger partial charge in [-0.25, -0.2) is 0 Å². The van der Waals surface area contributed by atoms with Gasteiger partial charge in [0.2, 0.25) is 0 Å². The van der Waals surface area contributed by atoms with E-state index >= 15 is 0 Å². The van der Waals surface area contributed by atoms with Gasteiger partial charge in [0.1, 0.15) is 0 Å². The summed E-state index contributed by atoms with van der Waals surface area (Å²) in [5, 5.41) is 3.37. The molecule has 0 spiro atoms. The number of hydrogen-bond donors (Lipinski definition) is 1. The molecule has 2 aliphatic carbocycles. The van der Waals surface area contributed by atoms with Crippen molar-refractivity contribution in [2.24, 2.45) is 23.7 Å². The summed E-state index contributed by atoms with van der Waals surface area (Å²) in [6.45, 7) is 1.95. The van der Waals surface area contributed by atoms with Gasteiger partial charge in [0.25, 0.3) is 0 Å². The average Bonchev–Trinajstić information content (AvgIpc) is 2.47. The van der Waals surface area contributed by atoms with Gasteiger partial charge in [0.15, 0.2) is 0 Å². The summed E-state index contributed by atoms with van der Waals surface area (Å²) < 4.78 is 0. The average molecular weight is 188 g/mol. The van der Waals surface area contributed by atoms with Crippen LogP contribution < -0.4 is 5.32 Å². The van der Waals surface area contributed by atoms with E-state index in [-0.39, 0.29) is 11.7 Å². The predicted molar refractivity (Wildman–Crippen MR) is 56.4 cm³/mol. The quantitative estimate of drug-likeness (QED) is 0.548. The Kier molecular flexibility index (Phi) is 1.91. The van der Waals surface area contributed by atoms with E-state index in [4.69, 9.17) is 7.49 Å². The molecule has 14 heavy (non-hydrogen) atoms. The van der Waals surface area contributed by atoms with Crippen LogP contribution in [-0.4, -0.2) is 31.8 Å². The van der Waals surface area contributed by atoms with Gasteiger partial charge in [-0.2, -0.15) is 0 Å². The van der Waals surface area contributed by atoms with E-state index in [2.05, 4.69) is 5.32 Å². The van der Waals surface area contributed by atoms with Gasteiger partial charge >= 0.3 is 84.9 Å². The first-order valence-corrected chi connectivity index (χ1v) is 5.66. The Morgan fingerprint density at radius 3 is 2.93 bits per heavy atom. The molecule has 1 radical (unpaired) electrons. The SMILES string of the molecule is [B]=C1C(=O)C2CNCC3CCCC1C32. The van der Waals surface area contributed by atoms with Crippen LogP contribution >= 0.6 is 0 Å². The number of rotatable bonds is 0. The predicted octanol–water partition coefficient (Wildman–Crippen LogP) is 0.162. The third-order valence-corrected chi connectivity index (χ3v) is 4.36. The number of Topliss-reactive ketones (excluding diaryl/α,β-unsaturated/α-hetero) is 1. The molecule has 3 aliphatic rings. The minimum atomic E-state index is 0.207. The molecular formula is C11H15BNO. The van der Waals surface area contributed by atoms with Crippen LogP contribution in [0.15, 0.2) is 0 Å². The van der Waals surface area contributed by atoms with Crippen LogP contribution in [0.1, 0.15) is 19.3 Å². The maximum atomic E-state index is 11.9. The van der Waals surface area contributed by atoms with Crippen molar-refractivity contribution >= 4 is 18.7 Å². The molecule has 0 aromatic heterocycles. The second-order valence-corrected chi connectivity index (χ2v) is 4.96. The Bertz CT molecular complexity index is 274. The van der Waals surface area contributed by atoms with E-state index in [1.54, 1.807) is 0 Å². The molecule has 1 N–H and O–H groups in total. The molecule has 2 saturated carbocycles. The van der Waals surface area contributed by atoms with Gasteiger partial charge in [-0.1, -0.05) is 0 Å². The van der Waals surface area contributed by atoms with Crippen LogP contribution in [0.25, 0.3) is 0 Å². The molecule has 3 heteroatoms. The Hall–Kier alpha value is -0.435. The van der Waals surface area contributed by atoms with Crippen LogP contribution in [0.5, 0.6) is 0 Å². The number of carbonyl (C=O) groups excluding carboxylic acids is 1. The van der Waals surface area contributed by atoms with Crippen molar-refractivity contribution in [3.63, 3.8) is 0 Å². The fourth-order valence-electron chi connectivity index (χ4n) is 3.75. The Morgan fingerprint density at radius 2 is 2.07 bits per heavy atom. The molecule has 0 aromatic rings. The standard InChI is InChI=1S/C11H15BNO/c12-10-7-3-1-2-6-4-13-5-8(9(6)7)11(10)14/h6-9,13H,1-5H2. The third-order valence-electron chi connectivity index (χ3n) is 4.36. The van der Waals surface area contributed by atoms with E-state index in [1.807, 2.05) is 0 Å². The third kappa shape index (κ3) is 1.02. The van der Waals surface area contributed by atoms with Gasteiger partial charge in [-0.15, -0.1) is 0 Å². The van der Waals surface area contributed by atoms with Crippen molar-refractivity contribution in [1.29, 1.82) is 0 Å². The van der Waals surface area contributed by atoms with Crippen molar-refractivity contribution in [2.45, 2.75) is 19.3 Å². The Labute approximate surface area is 85.5 Å². The van der Waals surface area contributed by atoms with E-state index in [0.717, 1.165) is 19.5 Å². The number of ketones is 1.